The summed E-state index contributed by atoms with van der Waals surface area (Å²) in [5, 5.41) is 0.616. The lowest BCUT2D eigenvalue weighted by Gasteiger charge is -2.34. The van der Waals surface area contributed by atoms with Crippen molar-refractivity contribution in [3.05, 3.63) is 128 Å². The average molecular weight is 667 g/mol. The molecule has 0 saturated carbocycles. The highest BCUT2D eigenvalue weighted by molar-refractivity contribution is 9.11. The van der Waals surface area contributed by atoms with Crippen molar-refractivity contribution < 1.29 is 19.1 Å². The van der Waals surface area contributed by atoms with Crippen LogP contribution in [0.3, 0.4) is 0 Å². The molecule has 0 spiro atoms. The highest BCUT2D eigenvalue weighted by Gasteiger charge is 2.43. The van der Waals surface area contributed by atoms with Crippen molar-refractivity contribution in [1.29, 1.82) is 0 Å². The fourth-order valence-corrected chi connectivity index (χ4v) is 5.75. The molecule has 4 aromatic rings. The number of imide groups is 2. The van der Waals surface area contributed by atoms with Gasteiger partial charge in [0.25, 0.3) is 11.8 Å². The van der Waals surface area contributed by atoms with Crippen molar-refractivity contribution >= 4 is 78.8 Å². The number of hydrogen-bond acceptors (Lipinski definition) is 4. The van der Waals surface area contributed by atoms with Crippen LogP contribution in [0, 0.1) is 0 Å². The zero-order chi connectivity index (χ0) is 27.5. The van der Waals surface area contributed by atoms with Gasteiger partial charge in [0.1, 0.15) is 17.9 Å². The Hall–Kier alpha value is -3.72. The molecule has 1 aliphatic heterocycles. The second-order valence-corrected chi connectivity index (χ2v) is 10.7. The molecule has 9 heteroatoms. The number of rotatable bonds is 6. The van der Waals surface area contributed by atoms with Crippen molar-refractivity contribution in [3.63, 3.8) is 0 Å². The van der Waals surface area contributed by atoms with Crippen LogP contribution in [0.1, 0.15) is 11.1 Å². The van der Waals surface area contributed by atoms with Gasteiger partial charge in [0, 0.05) is 5.02 Å². The molecule has 0 N–H and O–H groups in total. The summed E-state index contributed by atoms with van der Waals surface area (Å²) < 4.78 is 7.21. The molecule has 0 radical (unpaired) electrons. The summed E-state index contributed by atoms with van der Waals surface area (Å²) in [6.07, 6.45) is 1.47. The van der Waals surface area contributed by atoms with Crippen LogP contribution in [-0.4, -0.2) is 17.8 Å². The first kappa shape index (κ1) is 26.9. The maximum absolute atomic E-state index is 13.6. The third-order valence-corrected chi connectivity index (χ3v) is 7.30. The Balaban J connectivity index is 1.52. The van der Waals surface area contributed by atoms with Crippen LogP contribution in [0.5, 0.6) is 5.75 Å². The second-order valence-electron chi connectivity index (χ2n) is 8.53. The number of carbonyl (C=O) groups excluding carboxylic acids is 3. The predicted molar refractivity (Wildman–Crippen MR) is 159 cm³/mol. The van der Waals surface area contributed by atoms with Crippen LogP contribution in [0.15, 0.2) is 112 Å². The van der Waals surface area contributed by atoms with E-state index in [1.54, 1.807) is 78.9 Å². The summed E-state index contributed by atoms with van der Waals surface area (Å²) in [5.74, 6) is -0.876. The standard InChI is InChI=1S/C30H19Br2ClN2O4/c31-25-16-20(17-26(32)27(25)39-18-19-8-7-9-21(33)14-19)15-24-28(36)34(22-10-3-1-4-11-22)30(38)35(29(24)37)23-12-5-2-6-13-23/h1-17H,18H2. The van der Waals surface area contributed by atoms with Crippen LogP contribution < -0.4 is 14.5 Å². The molecule has 1 saturated heterocycles. The zero-order valence-electron chi connectivity index (χ0n) is 20.2. The molecule has 194 valence electrons. The van der Waals surface area contributed by atoms with Gasteiger partial charge in [-0.2, -0.15) is 0 Å². The van der Waals surface area contributed by atoms with Crippen LogP contribution in [0.25, 0.3) is 6.08 Å². The minimum absolute atomic E-state index is 0.159. The van der Waals surface area contributed by atoms with E-state index in [2.05, 4.69) is 31.9 Å². The Labute approximate surface area is 246 Å². The summed E-state index contributed by atoms with van der Waals surface area (Å²) in [4.78, 5) is 42.6. The SMILES string of the molecule is O=C1C(=Cc2cc(Br)c(OCc3cccc(Cl)c3)c(Br)c2)C(=O)N(c2ccccc2)C(=O)N1c1ccccc1. The molecule has 0 aromatic heterocycles. The van der Waals surface area contributed by atoms with Crippen molar-refractivity contribution in [2.24, 2.45) is 0 Å². The van der Waals surface area contributed by atoms with Gasteiger partial charge in [0.05, 0.1) is 20.3 Å². The minimum atomic E-state index is -0.744. The number of nitrogens with zero attached hydrogens (tertiary/aromatic N) is 2. The molecule has 4 aromatic carbocycles. The van der Waals surface area contributed by atoms with Gasteiger partial charge in [0.2, 0.25) is 0 Å². The van der Waals surface area contributed by atoms with E-state index in [1.165, 1.54) is 6.08 Å². The Morgan fingerprint density at radius 2 is 1.26 bits per heavy atom. The number of hydrogen-bond donors (Lipinski definition) is 0. The number of ether oxygens (including phenoxy) is 1. The quantitative estimate of drug-likeness (QED) is 0.154. The van der Waals surface area contributed by atoms with Gasteiger partial charge in [-0.3, -0.25) is 9.59 Å². The molecule has 1 heterocycles. The monoisotopic (exact) mass is 664 g/mol. The van der Waals surface area contributed by atoms with Crippen molar-refractivity contribution in [1.82, 2.24) is 0 Å². The molecule has 4 amide bonds. The molecule has 5 rings (SSSR count). The fourth-order valence-electron chi connectivity index (χ4n) is 4.09. The fraction of sp³-hybridized carbons (Fsp3) is 0.0333. The van der Waals surface area contributed by atoms with Gasteiger partial charge in [-0.1, -0.05) is 60.1 Å². The lowest BCUT2D eigenvalue weighted by Crippen LogP contribution is -2.57. The molecular formula is C30H19Br2ClN2O4. The van der Waals surface area contributed by atoms with Crippen molar-refractivity contribution in [2.75, 3.05) is 9.80 Å². The first-order valence-electron chi connectivity index (χ1n) is 11.7. The number of barbiturate groups is 1. The van der Waals surface area contributed by atoms with E-state index in [0.717, 1.165) is 15.4 Å². The number of para-hydroxylation sites is 2. The molecule has 0 bridgehead atoms. The van der Waals surface area contributed by atoms with E-state index in [-0.39, 0.29) is 12.2 Å². The van der Waals surface area contributed by atoms with Gasteiger partial charge in [0.15, 0.2) is 0 Å². The van der Waals surface area contributed by atoms with E-state index in [1.807, 2.05) is 18.2 Å². The van der Waals surface area contributed by atoms with E-state index < -0.39 is 17.8 Å². The number of urea groups is 1. The Bertz CT molecular complexity index is 1520. The molecule has 1 fully saturated rings. The van der Waals surface area contributed by atoms with E-state index in [4.69, 9.17) is 16.3 Å². The molecule has 39 heavy (non-hydrogen) atoms. The normalized spacial score (nSPS) is 13.6. The van der Waals surface area contributed by atoms with Crippen LogP contribution in [0.2, 0.25) is 5.02 Å². The van der Waals surface area contributed by atoms with Crippen molar-refractivity contribution in [2.45, 2.75) is 6.61 Å². The topological polar surface area (TPSA) is 66.9 Å². The number of carbonyl (C=O) groups is 3. The number of halogens is 3. The lowest BCUT2D eigenvalue weighted by atomic mass is 10.0. The number of anilines is 2. The predicted octanol–water partition coefficient (Wildman–Crippen LogP) is 8.03. The van der Waals surface area contributed by atoms with Gasteiger partial charge in [-0.05, 0) is 97.6 Å². The Morgan fingerprint density at radius 1 is 0.718 bits per heavy atom. The largest absolute Gasteiger partial charge is 0.487 e. The van der Waals surface area contributed by atoms with Crippen molar-refractivity contribution in [3.8, 4) is 5.75 Å². The van der Waals surface area contributed by atoms with Crippen LogP contribution >= 0.6 is 43.5 Å². The third kappa shape index (κ3) is 5.68. The highest BCUT2D eigenvalue weighted by Crippen LogP contribution is 2.37. The van der Waals surface area contributed by atoms with Gasteiger partial charge < -0.3 is 4.74 Å². The maximum atomic E-state index is 13.6. The Morgan fingerprint density at radius 3 is 1.77 bits per heavy atom. The first-order valence-corrected chi connectivity index (χ1v) is 13.7. The number of amides is 4. The minimum Gasteiger partial charge on any atom is -0.487 e. The van der Waals surface area contributed by atoms with E-state index in [9.17, 15) is 14.4 Å². The molecule has 1 aliphatic rings. The summed E-state index contributed by atoms with van der Waals surface area (Å²) in [6.45, 7) is 0.287. The maximum Gasteiger partial charge on any atom is 0.343 e. The Kier molecular flexibility index (Phi) is 7.97. The van der Waals surface area contributed by atoms with Crippen LogP contribution in [0.4, 0.5) is 16.2 Å². The smallest absolute Gasteiger partial charge is 0.343 e. The zero-order valence-corrected chi connectivity index (χ0v) is 24.1. The van der Waals surface area contributed by atoms with Gasteiger partial charge >= 0.3 is 6.03 Å². The summed E-state index contributed by atoms with van der Waals surface area (Å²) >= 11 is 13.1. The summed E-state index contributed by atoms with van der Waals surface area (Å²) in [7, 11) is 0. The molecule has 6 nitrogen and oxygen atoms in total. The lowest BCUT2D eigenvalue weighted by molar-refractivity contribution is -0.121. The first-order chi connectivity index (χ1) is 18.8. The molecular weight excluding hydrogens is 648 g/mol. The van der Waals surface area contributed by atoms with Gasteiger partial charge in [-0.25, -0.2) is 14.6 Å². The van der Waals surface area contributed by atoms with E-state index in [0.29, 0.717) is 36.7 Å². The highest BCUT2D eigenvalue weighted by atomic mass is 79.9. The second kappa shape index (κ2) is 11.6. The molecule has 0 unspecified atom stereocenters. The number of benzene rings is 4. The van der Waals surface area contributed by atoms with Crippen LogP contribution in [-0.2, 0) is 16.2 Å². The third-order valence-electron chi connectivity index (χ3n) is 5.88. The van der Waals surface area contributed by atoms with E-state index >= 15 is 0 Å². The average Bonchev–Trinajstić information content (AvgIpc) is 2.92. The van der Waals surface area contributed by atoms with Gasteiger partial charge in [-0.15, -0.1) is 0 Å². The molecule has 0 atom stereocenters. The molecule has 0 aliphatic carbocycles. The summed E-state index contributed by atoms with van der Waals surface area (Å²) in [6, 6.07) is 27.1. The summed E-state index contributed by atoms with van der Waals surface area (Å²) in [5.41, 5.74) is 2.01.